The third kappa shape index (κ3) is 4.39. The fraction of sp³-hybridized carbons (Fsp3) is 0.364. The number of hydrogen-bond donors (Lipinski definition) is 1. The molecule has 1 N–H and O–H groups in total. The number of halogens is 1. The summed E-state index contributed by atoms with van der Waals surface area (Å²) in [7, 11) is 1.98. The van der Waals surface area contributed by atoms with E-state index in [0.29, 0.717) is 19.0 Å². The summed E-state index contributed by atoms with van der Waals surface area (Å²) in [4.78, 5) is 20.5. The van der Waals surface area contributed by atoms with Crippen molar-refractivity contribution in [1.82, 2.24) is 9.88 Å². The SMILES string of the molecule is C[NH+](CC(=O)N1CCC(c2nc3ccccc3s2)CC1)Cc1cccc(F)c1. The van der Waals surface area contributed by atoms with Crippen LogP contribution in [-0.4, -0.2) is 42.5 Å². The van der Waals surface area contributed by atoms with Crippen LogP contribution in [0.1, 0.15) is 29.3 Å². The van der Waals surface area contributed by atoms with Gasteiger partial charge >= 0.3 is 0 Å². The molecule has 0 spiro atoms. The monoisotopic (exact) mass is 398 g/mol. The molecule has 1 aliphatic rings. The Morgan fingerprint density at radius 1 is 1.21 bits per heavy atom. The second-order valence-corrected chi connectivity index (χ2v) is 8.68. The van der Waals surface area contributed by atoms with Crippen LogP contribution in [0, 0.1) is 5.82 Å². The molecule has 1 fully saturated rings. The second-order valence-electron chi connectivity index (χ2n) is 7.62. The van der Waals surface area contributed by atoms with Gasteiger partial charge in [-0.25, -0.2) is 9.37 Å². The minimum Gasteiger partial charge on any atom is -0.338 e. The highest BCUT2D eigenvalue weighted by molar-refractivity contribution is 7.18. The Labute approximate surface area is 168 Å². The van der Waals surface area contributed by atoms with Gasteiger partial charge in [0.1, 0.15) is 12.4 Å². The van der Waals surface area contributed by atoms with Gasteiger partial charge in [-0.05, 0) is 37.1 Å². The van der Waals surface area contributed by atoms with Crippen molar-refractivity contribution in [2.24, 2.45) is 0 Å². The van der Waals surface area contributed by atoms with E-state index in [1.54, 1.807) is 17.4 Å². The lowest BCUT2D eigenvalue weighted by Gasteiger charge is -2.31. The molecule has 1 atom stereocenters. The first-order valence-corrected chi connectivity index (χ1v) is 10.6. The third-order valence-corrected chi connectivity index (χ3v) is 6.55. The maximum Gasteiger partial charge on any atom is 0.277 e. The van der Waals surface area contributed by atoms with E-state index in [9.17, 15) is 9.18 Å². The third-order valence-electron chi connectivity index (χ3n) is 5.36. The molecule has 4 rings (SSSR count). The zero-order valence-corrected chi connectivity index (χ0v) is 16.8. The van der Waals surface area contributed by atoms with Gasteiger partial charge < -0.3 is 9.80 Å². The summed E-state index contributed by atoms with van der Waals surface area (Å²) in [5.74, 6) is 0.393. The van der Waals surface area contributed by atoms with Crippen molar-refractivity contribution in [1.29, 1.82) is 0 Å². The first kappa shape index (κ1) is 19.0. The predicted molar refractivity (Wildman–Crippen MR) is 110 cm³/mol. The molecule has 6 heteroatoms. The van der Waals surface area contributed by atoms with E-state index < -0.39 is 0 Å². The molecule has 1 unspecified atom stereocenters. The van der Waals surface area contributed by atoms with Crippen molar-refractivity contribution in [3.8, 4) is 0 Å². The second kappa shape index (κ2) is 8.37. The Balaban J connectivity index is 1.29. The summed E-state index contributed by atoms with van der Waals surface area (Å²) in [6, 6.07) is 14.9. The number of piperidine rings is 1. The van der Waals surface area contributed by atoms with Gasteiger partial charge in [0.15, 0.2) is 6.54 Å². The molecule has 1 saturated heterocycles. The molecule has 0 aliphatic carbocycles. The number of thiazole rings is 1. The Bertz CT molecular complexity index is 932. The molecule has 3 aromatic rings. The highest BCUT2D eigenvalue weighted by Gasteiger charge is 2.27. The molecule has 0 radical (unpaired) electrons. The van der Waals surface area contributed by atoms with Crippen molar-refractivity contribution < 1.29 is 14.1 Å². The average molecular weight is 399 g/mol. The van der Waals surface area contributed by atoms with Crippen LogP contribution in [0.4, 0.5) is 4.39 Å². The van der Waals surface area contributed by atoms with Crippen LogP contribution in [0.2, 0.25) is 0 Å². The summed E-state index contributed by atoms with van der Waals surface area (Å²) in [6.07, 6.45) is 1.93. The molecule has 0 bridgehead atoms. The molecule has 1 aromatic heterocycles. The van der Waals surface area contributed by atoms with Gasteiger partial charge in [-0.15, -0.1) is 11.3 Å². The first-order chi connectivity index (χ1) is 13.6. The number of para-hydroxylation sites is 1. The van der Waals surface area contributed by atoms with E-state index >= 15 is 0 Å². The number of nitrogens with one attached hydrogen (secondary N) is 1. The maximum absolute atomic E-state index is 13.3. The molecule has 0 saturated carbocycles. The number of likely N-dealkylation sites (tertiary alicyclic amines) is 1. The van der Waals surface area contributed by atoms with Crippen molar-refractivity contribution in [3.63, 3.8) is 0 Å². The van der Waals surface area contributed by atoms with Gasteiger partial charge in [0.2, 0.25) is 0 Å². The number of hydrogen-bond acceptors (Lipinski definition) is 3. The van der Waals surface area contributed by atoms with E-state index in [4.69, 9.17) is 4.98 Å². The van der Waals surface area contributed by atoms with E-state index in [1.807, 2.05) is 30.1 Å². The van der Waals surface area contributed by atoms with Crippen LogP contribution in [0.5, 0.6) is 0 Å². The summed E-state index contributed by atoms with van der Waals surface area (Å²) in [6.45, 7) is 2.65. The molecule has 1 amide bonds. The zero-order valence-electron chi connectivity index (χ0n) is 16.0. The largest absolute Gasteiger partial charge is 0.338 e. The van der Waals surface area contributed by atoms with Gasteiger partial charge in [-0.1, -0.05) is 24.3 Å². The minimum atomic E-state index is -0.228. The maximum atomic E-state index is 13.3. The fourth-order valence-electron chi connectivity index (χ4n) is 3.87. The number of nitrogens with zero attached hydrogens (tertiary/aromatic N) is 2. The topological polar surface area (TPSA) is 37.6 Å². The minimum absolute atomic E-state index is 0.177. The fourth-order valence-corrected chi connectivity index (χ4v) is 5.00. The van der Waals surface area contributed by atoms with Gasteiger partial charge in [0.25, 0.3) is 5.91 Å². The van der Waals surface area contributed by atoms with Crippen molar-refractivity contribution >= 4 is 27.5 Å². The highest BCUT2D eigenvalue weighted by atomic mass is 32.1. The number of carbonyl (C=O) groups is 1. The van der Waals surface area contributed by atoms with Crippen LogP contribution in [0.25, 0.3) is 10.2 Å². The number of likely N-dealkylation sites (N-methyl/N-ethyl adjacent to an activating group) is 1. The number of rotatable bonds is 5. The summed E-state index contributed by atoms with van der Waals surface area (Å²) in [5, 5.41) is 1.20. The molecule has 28 heavy (non-hydrogen) atoms. The zero-order chi connectivity index (χ0) is 19.5. The van der Waals surface area contributed by atoms with E-state index in [1.165, 1.54) is 21.8 Å². The lowest BCUT2D eigenvalue weighted by molar-refractivity contribution is -0.885. The van der Waals surface area contributed by atoms with Crippen molar-refractivity contribution in [2.75, 3.05) is 26.7 Å². The molecular formula is C22H25FN3OS+. The Kier molecular flexibility index (Phi) is 5.69. The smallest absolute Gasteiger partial charge is 0.277 e. The number of aromatic nitrogens is 1. The van der Waals surface area contributed by atoms with Crippen LogP contribution in [0.3, 0.4) is 0 Å². The molecule has 146 valence electrons. The van der Waals surface area contributed by atoms with Crippen molar-refractivity contribution in [3.05, 3.63) is 64.9 Å². The van der Waals surface area contributed by atoms with Gasteiger partial charge in [-0.3, -0.25) is 4.79 Å². The lowest BCUT2D eigenvalue weighted by Crippen LogP contribution is -3.08. The Morgan fingerprint density at radius 3 is 2.75 bits per heavy atom. The normalized spacial score (nSPS) is 16.4. The number of fused-ring (bicyclic) bond motifs is 1. The van der Waals surface area contributed by atoms with Crippen molar-refractivity contribution in [2.45, 2.75) is 25.3 Å². The quantitative estimate of drug-likeness (QED) is 0.718. The van der Waals surface area contributed by atoms with E-state index in [0.717, 1.165) is 41.9 Å². The predicted octanol–water partition coefficient (Wildman–Crippen LogP) is 2.86. The number of amides is 1. The number of quaternary nitrogens is 1. The van der Waals surface area contributed by atoms with Crippen LogP contribution >= 0.6 is 11.3 Å². The highest BCUT2D eigenvalue weighted by Crippen LogP contribution is 2.33. The summed E-state index contributed by atoms with van der Waals surface area (Å²) >= 11 is 1.78. The lowest BCUT2D eigenvalue weighted by atomic mass is 9.97. The van der Waals surface area contributed by atoms with E-state index in [-0.39, 0.29) is 11.7 Å². The molecule has 1 aliphatic heterocycles. The standard InChI is InChI=1S/C22H24FN3OS/c1-25(14-16-5-4-6-18(23)13-16)15-21(27)26-11-9-17(10-12-26)22-24-19-7-2-3-8-20(19)28-22/h2-8,13,17H,9-12,14-15H2,1H3/p+1. The molecule has 2 heterocycles. The Hall–Kier alpha value is -2.31. The Morgan fingerprint density at radius 2 is 2.00 bits per heavy atom. The van der Waals surface area contributed by atoms with Crippen LogP contribution in [0.15, 0.2) is 48.5 Å². The first-order valence-electron chi connectivity index (χ1n) is 9.77. The molecule has 2 aromatic carbocycles. The average Bonchev–Trinajstić information content (AvgIpc) is 3.12. The number of benzene rings is 2. The van der Waals surface area contributed by atoms with Crippen LogP contribution < -0.4 is 4.90 Å². The van der Waals surface area contributed by atoms with Crippen LogP contribution in [-0.2, 0) is 11.3 Å². The van der Waals surface area contributed by atoms with Gasteiger partial charge in [0.05, 0.1) is 22.3 Å². The van der Waals surface area contributed by atoms with E-state index in [2.05, 4.69) is 12.1 Å². The molecule has 4 nitrogen and oxygen atoms in total. The molecular weight excluding hydrogens is 373 g/mol. The van der Waals surface area contributed by atoms with Gasteiger partial charge in [-0.2, -0.15) is 0 Å². The summed E-state index contributed by atoms with van der Waals surface area (Å²) < 4.78 is 14.6. The summed E-state index contributed by atoms with van der Waals surface area (Å²) in [5.41, 5.74) is 1.99. The number of carbonyl (C=O) groups excluding carboxylic acids is 1. The van der Waals surface area contributed by atoms with Gasteiger partial charge in [0, 0.05) is 24.6 Å².